The first kappa shape index (κ1) is 22.3. The maximum atomic E-state index is 12.9. The van der Waals surface area contributed by atoms with Crippen LogP contribution in [0, 0.1) is 5.92 Å². The Hall–Kier alpha value is -3.40. The van der Waals surface area contributed by atoms with Gasteiger partial charge in [-0.05, 0) is 49.2 Å². The molecule has 2 aromatic carbocycles. The number of benzene rings is 2. The van der Waals surface area contributed by atoms with Crippen LogP contribution in [0.1, 0.15) is 29.3 Å². The van der Waals surface area contributed by atoms with Crippen LogP contribution in [0.15, 0.2) is 47.4 Å². The summed E-state index contributed by atoms with van der Waals surface area (Å²) >= 11 is 0. The van der Waals surface area contributed by atoms with E-state index in [4.69, 9.17) is 9.47 Å². The number of esters is 1. The molecule has 1 saturated heterocycles. The third-order valence-electron chi connectivity index (χ3n) is 4.72. The van der Waals surface area contributed by atoms with Gasteiger partial charge in [-0.2, -0.15) is 0 Å². The molecular formula is C21H22N2O7S. The number of carbonyl (C=O) groups excluding carboxylic acids is 3. The quantitative estimate of drug-likeness (QED) is 0.468. The minimum absolute atomic E-state index is 0.0779. The summed E-state index contributed by atoms with van der Waals surface area (Å²) in [6, 6.07) is 10.5. The number of amides is 2. The Kier molecular flexibility index (Phi) is 6.59. The van der Waals surface area contributed by atoms with Crippen LogP contribution in [-0.4, -0.2) is 39.9 Å². The van der Waals surface area contributed by atoms with E-state index in [0.29, 0.717) is 12.1 Å². The Bertz CT molecular complexity index is 1110. The van der Waals surface area contributed by atoms with Crippen molar-refractivity contribution in [3.63, 3.8) is 0 Å². The van der Waals surface area contributed by atoms with Gasteiger partial charge in [-0.25, -0.2) is 13.2 Å². The molecular weight excluding hydrogens is 424 g/mol. The molecule has 1 aliphatic heterocycles. The normalized spacial score (nSPS) is 16.0. The molecule has 1 fully saturated rings. The summed E-state index contributed by atoms with van der Waals surface area (Å²) in [7, 11) is -2.74. The van der Waals surface area contributed by atoms with E-state index in [9.17, 15) is 22.8 Å². The highest BCUT2D eigenvalue weighted by molar-refractivity contribution is 7.92. The van der Waals surface area contributed by atoms with Crippen LogP contribution in [0.2, 0.25) is 0 Å². The Balaban J connectivity index is 1.78. The summed E-state index contributed by atoms with van der Waals surface area (Å²) in [5, 5.41) is 2.26. The predicted octanol–water partition coefficient (Wildman–Crippen LogP) is 1.88. The van der Waals surface area contributed by atoms with E-state index in [2.05, 4.69) is 10.0 Å². The highest BCUT2D eigenvalue weighted by Gasteiger charge is 2.30. The molecule has 164 valence electrons. The molecule has 1 heterocycles. The molecule has 10 heteroatoms. The van der Waals surface area contributed by atoms with Gasteiger partial charge in [0.1, 0.15) is 10.6 Å². The maximum absolute atomic E-state index is 12.9. The van der Waals surface area contributed by atoms with Crippen molar-refractivity contribution >= 4 is 33.5 Å². The van der Waals surface area contributed by atoms with E-state index in [1.54, 1.807) is 31.2 Å². The number of hydrogen-bond donors (Lipinski definition) is 2. The Morgan fingerprint density at radius 1 is 1.16 bits per heavy atom. The number of nitrogens with one attached hydrogen (secondary N) is 2. The van der Waals surface area contributed by atoms with E-state index >= 15 is 0 Å². The first-order chi connectivity index (χ1) is 14.7. The van der Waals surface area contributed by atoms with Crippen molar-refractivity contribution in [3.8, 4) is 5.75 Å². The van der Waals surface area contributed by atoms with E-state index in [0.717, 1.165) is 5.56 Å². The predicted molar refractivity (Wildman–Crippen MR) is 111 cm³/mol. The first-order valence-corrected chi connectivity index (χ1v) is 11.0. The standard InChI is InChI=1S/C21H22N2O7S/c1-3-30-21(26)14-6-9-17(29-2)18(11-14)31(27,28)23-16-7-4-13(5-8-16)10-15-12-19(24)22-20(15)25/h4-9,11,15,23H,3,10,12H2,1-2H3,(H,22,24,25). The van der Waals surface area contributed by atoms with Crippen LogP contribution in [0.5, 0.6) is 5.75 Å². The van der Waals surface area contributed by atoms with Crippen LogP contribution in [-0.2, 0) is 30.8 Å². The molecule has 31 heavy (non-hydrogen) atoms. The lowest BCUT2D eigenvalue weighted by molar-refractivity contribution is -0.125. The average Bonchev–Trinajstić information content (AvgIpc) is 3.05. The van der Waals surface area contributed by atoms with Crippen molar-refractivity contribution in [1.82, 2.24) is 5.32 Å². The zero-order chi connectivity index (χ0) is 22.6. The smallest absolute Gasteiger partial charge is 0.338 e. The number of rotatable bonds is 8. The van der Waals surface area contributed by atoms with Crippen LogP contribution in [0.3, 0.4) is 0 Å². The molecule has 2 aromatic rings. The van der Waals surface area contributed by atoms with E-state index in [1.165, 1.54) is 25.3 Å². The molecule has 1 unspecified atom stereocenters. The molecule has 0 spiro atoms. The van der Waals surface area contributed by atoms with Crippen LogP contribution in [0.25, 0.3) is 0 Å². The Morgan fingerprint density at radius 3 is 2.45 bits per heavy atom. The monoisotopic (exact) mass is 446 g/mol. The highest BCUT2D eigenvalue weighted by atomic mass is 32.2. The zero-order valence-corrected chi connectivity index (χ0v) is 17.8. The third kappa shape index (κ3) is 5.21. The summed E-state index contributed by atoms with van der Waals surface area (Å²) in [4.78, 5) is 34.8. The van der Waals surface area contributed by atoms with Gasteiger partial charge in [0.05, 0.1) is 25.2 Å². The molecule has 1 atom stereocenters. The summed E-state index contributed by atoms with van der Waals surface area (Å²) in [5.74, 6) is -1.58. The summed E-state index contributed by atoms with van der Waals surface area (Å²) in [6.07, 6.45) is 0.518. The van der Waals surface area contributed by atoms with Gasteiger partial charge in [-0.3, -0.25) is 19.6 Å². The second-order valence-electron chi connectivity index (χ2n) is 6.91. The molecule has 3 rings (SSSR count). The molecule has 0 radical (unpaired) electrons. The molecule has 0 aliphatic carbocycles. The maximum Gasteiger partial charge on any atom is 0.338 e. The molecule has 9 nitrogen and oxygen atoms in total. The minimum Gasteiger partial charge on any atom is -0.495 e. The van der Waals surface area contributed by atoms with Crippen molar-refractivity contribution in [2.75, 3.05) is 18.4 Å². The molecule has 0 saturated carbocycles. The number of imide groups is 1. The number of sulfonamides is 1. The third-order valence-corrected chi connectivity index (χ3v) is 6.12. The highest BCUT2D eigenvalue weighted by Crippen LogP contribution is 2.28. The van der Waals surface area contributed by atoms with Gasteiger partial charge in [0.2, 0.25) is 11.8 Å². The van der Waals surface area contributed by atoms with E-state index < -0.39 is 21.9 Å². The first-order valence-electron chi connectivity index (χ1n) is 9.54. The minimum atomic E-state index is -4.07. The number of carbonyl (C=O) groups is 3. The van der Waals surface area contributed by atoms with Crippen LogP contribution in [0.4, 0.5) is 5.69 Å². The fraction of sp³-hybridized carbons (Fsp3) is 0.286. The largest absolute Gasteiger partial charge is 0.495 e. The lowest BCUT2D eigenvalue weighted by Gasteiger charge is -2.13. The average molecular weight is 446 g/mol. The van der Waals surface area contributed by atoms with Gasteiger partial charge in [0, 0.05) is 12.1 Å². The molecule has 0 bridgehead atoms. The van der Waals surface area contributed by atoms with E-state index in [-0.39, 0.29) is 41.1 Å². The lowest BCUT2D eigenvalue weighted by Crippen LogP contribution is -2.22. The fourth-order valence-corrected chi connectivity index (χ4v) is 4.46. The van der Waals surface area contributed by atoms with Crippen molar-refractivity contribution in [2.45, 2.75) is 24.7 Å². The van der Waals surface area contributed by atoms with Gasteiger partial charge in [0.25, 0.3) is 10.0 Å². The summed E-state index contributed by atoms with van der Waals surface area (Å²) < 4.78 is 38.4. The van der Waals surface area contributed by atoms with E-state index in [1.807, 2.05) is 0 Å². The summed E-state index contributed by atoms with van der Waals surface area (Å²) in [5.41, 5.74) is 1.17. The Labute approximate surface area is 179 Å². The van der Waals surface area contributed by atoms with Gasteiger partial charge < -0.3 is 9.47 Å². The number of methoxy groups -OCH3 is 1. The van der Waals surface area contributed by atoms with Crippen LogP contribution >= 0.6 is 0 Å². The van der Waals surface area contributed by atoms with Gasteiger partial charge >= 0.3 is 5.97 Å². The zero-order valence-electron chi connectivity index (χ0n) is 17.0. The van der Waals surface area contributed by atoms with Gasteiger partial charge in [-0.15, -0.1) is 0 Å². The van der Waals surface area contributed by atoms with Gasteiger partial charge in [-0.1, -0.05) is 12.1 Å². The second kappa shape index (κ2) is 9.17. The molecule has 2 amide bonds. The SMILES string of the molecule is CCOC(=O)c1ccc(OC)c(S(=O)(=O)Nc2ccc(CC3CC(=O)NC3=O)cc2)c1. The van der Waals surface area contributed by atoms with Gasteiger partial charge in [0.15, 0.2) is 0 Å². The lowest BCUT2D eigenvalue weighted by atomic mass is 9.98. The number of hydrogen-bond acceptors (Lipinski definition) is 7. The number of anilines is 1. The Morgan fingerprint density at radius 2 is 1.87 bits per heavy atom. The number of ether oxygens (including phenoxy) is 2. The molecule has 0 aromatic heterocycles. The topological polar surface area (TPSA) is 128 Å². The molecule has 1 aliphatic rings. The fourth-order valence-electron chi connectivity index (χ4n) is 3.20. The van der Waals surface area contributed by atoms with Crippen molar-refractivity contribution in [2.24, 2.45) is 5.92 Å². The van der Waals surface area contributed by atoms with Crippen molar-refractivity contribution < 1.29 is 32.3 Å². The van der Waals surface area contributed by atoms with Crippen molar-refractivity contribution in [1.29, 1.82) is 0 Å². The summed E-state index contributed by atoms with van der Waals surface area (Å²) in [6.45, 7) is 1.81. The second-order valence-corrected chi connectivity index (χ2v) is 8.56. The molecule has 2 N–H and O–H groups in total. The van der Waals surface area contributed by atoms with Crippen LogP contribution < -0.4 is 14.8 Å². The van der Waals surface area contributed by atoms with Crippen molar-refractivity contribution in [3.05, 3.63) is 53.6 Å².